The van der Waals surface area contributed by atoms with Gasteiger partial charge in [-0.3, -0.25) is 0 Å². The first-order valence-corrected chi connectivity index (χ1v) is 7.66. The summed E-state index contributed by atoms with van der Waals surface area (Å²) in [7, 11) is 2.11. The van der Waals surface area contributed by atoms with Gasteiger partial charge in [-0.05, 0) is 32.2 Å². The Morgan fingerprint density at radius 1 is 1.28 bits per heavy atom. The molecule has 1 unspecified atom stereocenters. The molecule has 0 aliphatic heterocycles. The highest BCUT2D eigenvalue weighted by molar-refractivity contribution is 4.70. The first kappa shape index (κ1) is 15.9. The molecule has 1 aliphatic rings. The van der Waals surface area contributed by atoms with E-state index in [0.29, 0.717) is 6.61 Å². The minimum atomic E-state index is -0.338. The van der Waals surface area contributed by atoms with Crippen molar-refractivity contribution in [3.05, 3.63) is 0 Å². The average molecular weight is 257 g/mol. The zero-order valence-electron chi connectivity index (χ0n) is 12.2. The van der Waals surface area contributed by atoms with Crippen molar-refractivity contribution in [1.29, 1.82) is 0 Å². The molecule has 1 fully saturated rings. The third-order valence-electron chi connectivity index (χ3n) is 3.77. The van der Waals surface area contributed by atoms with E-state index in [1.54, 1.807) is 0 Å². The average Bonchev–Trinajstić information content (AvgIpc) is 2.35. The van der Waals surface area contributed by atoms with Gasteiger partial charge in [-0.25, -0.2) is 0 Å². The molecule has 3 heteroatoms. The third kappa shape index (κ3) is 7.34. The van der Waals surface area contributed by atoms with Crippen LogP contribution in [0.3, 0.4) is 0 Å². The summed E-state index contributed by atoms with van der Waals surface area (Å²) >= 11 is 0. The SMILES string of the molecule is CCCCOCC(O)CN(C)CC1CCCCC1. The van der Waals surface area contributed by atoms with Crippen LogP contribution in [0.25, 0.3) is 0 Å². The van der Waals surface area contributed by atoms with Gasteiger partial charge in [0, 0.05) is 19.7 Å². The Balaban J connectivity index is 2.04. The fourth-order valence-corrected chi connectivity index (χ4v) is 2.76. The molecule has 1 rings (SSSR count). The molecule has 18 heavy (non-hydrogen) atoms. The van der Waals surface area contributed by atoms with Crippen molar-refractivity contribution in [2.24, 2.45) is 5.92 Å². The summed E-state index contributed by atoms with van der Waals surface area (Å²) in [5.74, 6) is 0.844. The Kier molecular flexibility index (Phi) is 8.64. The highest BCUT2D eigenvalue weighted by atomic mass is 16.5. The Labute approximate surface area is 113 Å². The summed E-state index contributed by atoms with van der Waals surface area (Å²) in [6.07, 6.45) is 8.83. The summed E-state index contributed by atoms with van der Waals surface area (Å²) in [6.45, 7) is 5.28. The monoisotopic (exact) mass is 257 g/mol. The zero-order chi connectivity index (χ0) is 13.2. The summed E-state index contributed by atoms with van der Waals surface area (Å²) in [5, 5.41) is 9.88. The fourth-order valence-electron chi connectivity index (χ4n) is 2.76. The molecule has 1 aliphatic carbocycles. The lowest BCUT2D eigenvalue weighted by Crippen LogP contribution is -2.35. The lowest BCUT2D eigenvalue weighted by Gasteiger charge is -2.28. The topological polar surface area (TPSA) is 32.7 Å². The number of hydrogen-bond donors (Lipinski definition) is 1. The van der Waals surface area contributed by atoms with Crippen molar-refractivity contribution in [2.45, 2.75) is 58.0 Å². The molecule has 0 aromatic carbocycles. The van der Waals surface area contributed by atoms with Gasteiger partial charge in [0.25, 0.3) is 0 Å². The molecule has 0 heterocycles. The third-order valence-corrected chi connectivity index (χ3v) is 3.77. The highest BCUT2D eigenvalue weighted by Crippen LogP contribution is 2.24. The predicted molar refractivity (Wildman–Crippen MR) is 75.8 cm³/mol. The molecule has 0 aromatic rings. The Hall–Kier alpha value is -0.120. The lowest BCUT2D eigenvalue weighted by atomic mass is 9.89. The summed E-state index contributed by atoms with van der Waals surface area (Å²) in [5.41, 5.74) is 0. The molecule has 1 saturated carbocycles. The van der Waals surface area contributed by atoms with Gasteiger partial charge in [0.05, 0.1) is 12.7 Å². The van der Waals surface area contributed by atoms with E-state index in [0.717, 1.165) is 38.5 Å². The molecule has 0 aromatic heterocycles. The first-order chi connectivity index (χ1) is 8.72. The van der Waals surface area contributed by atoms with Gasteiger partial charge in [-0.15, -0.1) is 0 Å². The highest BCUT2D eigenvalue weighted by Gasteiger charge is 2.16. The van der Waals surface area contributed by atoms with Crippen LogP contribution in [-0.4, -0.2) is 49.5 Å². The van der Waals surface area contributed by atoms with Gasteiger partial charge < -0.3 is 14.7 Å². The van der Waals surface area contributed by atoms with Gasteiger partial charge in [-0.2, -0.15) is 0 Å². The van der Waals surface area contributed by atoms with E-state index >= 15 is 0 Å². The van der Waals surface area contributed by atoms with Crippen molar-refractivity contribution in [3.63, 3.8) is 0 Å². The number of hydrogen-bond acceptors (Lipinski definition) is 3. The number of rotatable bonds is 9. The van der Waals surface area contributed by atoms with Crippen LogP contribution in [0, 0.1) is 5.92 Å². The second kappa shape index (κ2) is 9.76. The Morgan fingerprint density at radius 2 is 2.00 bits per heavy atom. The van der Waals surface area contributed by atoms with Crippen LogP contribution in [0.2, 0.25) is 0 Å². The van der Waals surface area contributed by atoms with Crippen molar-refractivity contribution < 1.29 is 9.84 Å². The second-order valence-electron chi connectivity index (χ2n) is 5.81. The number of ether oxygens (including phenoxy) is 1. The van der Waals surface area contributed by atoms with E-state index in [2.05, 4.69) is 18.9 Å². The smallest absolute Gasteiger partial charge is 0.0900 e. The Bertz CT molecular complexity index is 193. The summed E-state index contributed by atoms with van der Waals surface area (Å²) in [6, 6.07) is 0. The van der Waals surface area contributed by atoms with Crippen LogP contribution in [0.15, 0.2) is 0 Å². The molecule has 1 N–H and O–H groups in total. The molecule has 0 amide bonds. The molecule has 0 bridgehead atoms. The fraction of sp³-hybridized carbons (Fsp3) is 1.00. The maximum Gasteiger partial charge on any atom is 0.0900 e. The van der Waals surface area contributed by atoms with Gasteiger partial charge in [0.15, 0.2) is 0 Å². The molecule has 0 radical (unpaired) electrons. The largest absolute Gasteiger partial charge is 0.389 e. The minimum Gasteiger partial charge on any atom is -0.389 e. The molecular weight excluding hydrogens is 226 g/mol. The van der Waals surface area contributed by atoms with E-state index in [1.807, 2.05) is 0 Å². The van der Waals surface area contributed by atoms with Crippen LogP contribution < -0.4 is 0 Å². The van der Waals surface area contributed by atoms with Crippen LogP contribution >= 0.6 is 0 Å². The van der Waals surface area contributed by atoms with Crippen molar-refractivity contribution in [2.75, 3.05) is 33.4 Å². The van der Waals surface area contributed by atoms with Crippen LogP contribution in [0.1, 0.15) is 51.9 Å². The van der Waals surface area contributed by atoms with Crippen LogP contribution in [0.4, 0.5) is 0 Å². The number of nitrogens with zero attached hydrogens (tertiary/aromatic N) is 1. The summed E-state index contributed by atoms with van der Waals surface area (Å²) in [4.78, 5) is 2.27. The minimum absolute atomic E-state index is 0.338. The summed E-state index contributed by atoms with van der Waals surface area (Å²) < 4.78 is 5.45. The van der Waals surface area contributed by atoms with E-state index in [9.17, 15) is 5.11 Å². The molecule has 0 spiro atoms. The molecule has 1 atom stereocenters. The van der Waals surface area contributed by atoms with Crippen molar-refractivity contribution in [3.8, 4) is 0 Å². The van der Waals surface area contributed by atoms with Crippen LogP contribution in [0.5, 0.6) is 0 Å². The van der Waals surface area contributed by atoms with Gasteiger partial charge in [0.1, 0.15) is 0 Å². The van der Waals surface area contributed by atoms with Crippen molar-refractivity contribution >= 4 is 0 Å². The van der Waals surface area contributed by atoms with Gasteiger partial charge in [0.2, 0.25) is 0 Å². The van der Waals surface area contributed by atoms with Crippen molar-refractivity contribution in [1.82, 2.24) is 4.90 Å². The second-order valence-corrected chi connectivity index (χ2v) is 5.81. The molecule has 3 nitrogen and oxygen atoms in total. The first-order valence-electron chi connectivity index (χ1n) is 7.66. The molecule has 108 valence electrons. The maximum atomic E-state index is 9.88. The van der Waals surface area contributed by atoms with E-state index in [4.69, 9.17) is 4.74 Å². The maximum absolute atomic E-state index is 9.88. The lowest BCUT2D eigenvalue weighted by molar-refractivity contribution is 0.0170. The Morgan fingerprint density at radius 3 is 2.67 bits per heavy atom. The molecular formula is C15H31NO2. The van der Waals surface area contributed by atoms with E-state index in [1.165, 1.54) is 32.1 Å². The normalized spacial score (nSPS) is 19.3. The number of unbranched alkanes of at least 4 members (excludes halogenated alkanes) is 1. The predicted octanol–water partition coefficient (Wildman–Crippen LogP) is 2.68. The molecule has 0 saturated heterocycles. The zero-order valence-corrected chi connectivity index (χ0v) is 12.2. The number of aliphatic hydroxyl groups excluding tert-OH is 1. The van der Waals surface area contributed by atoms with Crippen LogP contribution in [-0.2, 0) is 4.74 Å². The standard InChI is InChI=1S/C15H31NO2/c1-3-4-10-18-13-15(17)12-16(2)11-14-8-6-5-7-9-14/h14-15,17H,3-13H2,1-2H3. The van der Waals surface area contributed by atoms with Gasteiger partial charge in [-0.1, -0.05) is 32.6 Å². The quantitative estimate of drug-likeness (QED) is 0.645. The van der Waals surface area contributed by atoms with Gasteiger partial charge >= 0.3 is 0 Å². The number of likely N-dealkylation sites (N-methyl/N-ethyl adjacent to an activating group) is 1. The van der Waals surface area contributed by atoms with E-state index in [-0.39, 0.29) is 6.10 Å². The van der Waals surface area contributed by atoms with E-state index < -0.39 is 0 Å². The number of aliphatic hydroxyl groups is 1.